The Kier molecular flexibility index (Phi) is 30.7. The Morgan fingerprint density at radius 2 is 1.77 bits per heavy atom. The van der Waals surface area contributed by atoms with E-state index < -0.39 is 0 Å². The standard InChI is InChI=1S/C7H9NO.2C2H6/c1-3-4-7(8-2)5-6-9;2*1-2/h3-4,6H,1-2,5H2;2*1-2H3/b7-4-;;. The number of hydrogen-bond acceptors (Lipinski definition) is 2. The van der Waals surface area contributed by atoms with Crippen molar-refractivity contribution >= 4 is 13.0 Å². The van der Waals surface area contributed by atoms with Gasteiger partial charge in [-0.15, -0.1) is 0 Å². The number of allylic oxidation sites excluding steroid dienone is 3. The van der Waals surface area contributed by atoms with Crippen LogP contribution in [0.3, 0.4) is 0 Å². The van der Waals surface area contributed by atoms with Crippen molar-refractivity contribution in [1.82, 2.24) is 0 Å². The quantitative estimate of drug-likeness (QED) is 0.373. The molecule has 0 saturated carbocycles. The first kappa shape index (κ1) is 17.8. The van der Waals surface area contributed by atoms with Crippen LogP contribution in [0.1, 0.15) is 34.1 Å². The Balaban J connectivity index is -0.000000218. The monoisotopic (exact) mass is 183 g/mol. The summed E-state index contributed by atoms with van der Waals surface area (Å²) in [6.07, 6.45) is 4.33. The van der Waals surface area contributed by atoms with Gasteiger partial charge in [0.1, 0.15) is 6.29 Å². The Morgan fingerprint density at radius 3 is 2.00 bits per heavy atom. The van der Waals surface area contributed by atoms with Crippen molar-refractivity contribution in [3.8, 4) is 0 Å². The van der Waals surface area contributed by atoms with Crippen LogP contribution in [-0.2, 0) is 4.79 Å². The lowest BCUT2D eigenvalue weighted by Crippen LogP contribution is -1.77. The molecular formula is C11H21NO. The maximum Gasteiger partial charge on any atom is 0.125 e. The molecule has 0 saturated heterocycles. The number of aldehydes is 1. The molecule has 0 N–H and O–H groups in total. The average Bonchev–Trinajstić information content (AvgIpc) is 2.23. The zero-order valence-corrected chi connectivity index (χ0v) is 9.21. The molecule has 76 valence electrons. The van der Waals surface area contributed by atoms with E-state index in [1.165, 1.54) is 0 Å². The summed E-state index contributed by atoms with van der Waals surface area (Å²) < 4.78 is 0. The number of nitrogens with zero attached hydrogens (tertiary/aromatic N) is 1. The van der Waals surface area contributed by atoms with Gasteiger partial charge in [-0.05, 0) is 12.8 Å². The van der Waals surface area contributed by atoms with Gasteiger partial charge in [0.25, 0.3) is 0 Å². The second kappa shape index (κ2) is 22.4. The first-order valence-corrected chi connectivity index (χ1v) is 4.57. The summed E-state index contributed by atoms with van der Waals surface area (Å²) in [6.45, 7) is 14.7. The van der Waals surface area contributed by atoms with Gasteiger partial charge in [0, 0.05) is 12.1 Å². The number of carbonyl (C=O) groups is 1. The zero-order valence-electron chi connectivity index (χ0n) is 9.21. The maximum atomic E-state index is 9.89. The van der Waals surface area contributed by atoms with Gasteiger partial charge < -0.3 is 4.79 Å². The smallest absolute Gasteiger partial charge is 0.125 e. The van der Waals surface area contributed by atoms with Gasteiger partial charge in [-0.1, -0.05) is 40.3 Å². The highest BCUT2D eigenvalue weighted by Crippen LogP contribution is 1.98. The minimum Gasteiger partial charge on any atom is -0.303 e. The van der Waals surface area contributed by atoms with E-state index in [0.29, 0.717) is 12.1 Å². The minimum atomic E-state index is 0.315. The summed E-state index contributed by atoms with van der Waals surface area (Å²) in [7, 11) is 0. The van der Waals surface area contributed by atoms with E-state index in [2.05, 4.69) is 18.3 Å². The van der Waals surface area contributed by atoms with Crippen molar-refractivity contribution in [3.63, 3.8) is 0 Å². The molecule has 0 rings (SSSR count). The summed E-state index contributed by atoms with van der Waals surface area (Å²) >= 11 is 0. The van der Waals surface area contributed by atoms with E-state index in [1.807, 2.05) is 27.7 Å². The van der Waals surface area contributed by atoms with Crippen molar-refractivity contribution in [2.75, 3.05) is 0 Å². The molecule has 0 aromatic heterocycles. The van der Waals surface area contributed by atoms with Gasteiger partial charge in [-0.3, -0.25) is 4.99 Å². The Labute approximate surface area is 82.1 Å². The van der Waals surface area contributed by atoms with E-state index in [4.69, 9.17) is 0 Å². The highest BCUT2D eigenvalue weighted by Gasteiger charge is 1.86. The van der Waals surface area contributed by atoms with E-state index in [9.17, 15) is 4.79 Å². The molecule has 0 aliphatic heterocycles. The van der Waals surface area contributed by atoms with Crippen molar-refractivity contribution in [2.24, 2.45) is 4.99 Å². The highest BCUT2D eigenvalue weighted by molar-refractivity contribution is 5.55. The second-order valence-electron chi connectivity index (χ2n) is 1.42. The number of carbonyl (C=O) groups excluding carboxylic acids is 1. The molecule has 0 spiro atoms. The van der Waals surface area contributed by atoms with Crippen LogP contribution in [0, 0.1) is 0 Å². The fourth-order valence-electron chi connectivity index (χ4n) is 0.407. The molecule has 2 nitrogen and oxygen atoms in total. The molecule has 0 heterocycles. The van der Waals surface area contributed by atoms with E-state index in [0.717, 1.165) is 6.29 Å². The molecule has 13 heavy (non-hydrogen) atoms. The number of aliphatic imine (C=N–C) groups is 1. The summed E-state index contributed by atoms with van der Waals surface area (Å²) in [5.41, 5.74) is 0.653. The summed E-state index contributed by atoms with van der Waals surface area (Å²) in [4.78, 5) is 13.5. The molecule has 0 unspecified atom stereocenters. The largest absolute Gasteiger partial charge is 0.303 e. The molecule has 0 radical (unpaired) electrons. The molecule has 0 aromatic carbocycles. The van der Waals surface area contributed by atoms with Crippen molar-refractivity contribution in [1.29, 1.82) is 0 Å². The first-order chi connectivity index (χ1) is 6.35. The Bertz CT molecular complexity index is 148. The van der Waals surface area contributed by atoms with Crippen LogP contribution in [0.15, 0.2) is 29.4 Å². The van der Waals surface area contributed by atoms with Crippen LogP contribution in [0.5, 0.6) is 0 Å². The number of hydrogen-bond donors (Lipinski definition) is 0. The third-order valence-corrected chi connectivity index (χ3v) is 0.806. The summed E-state index contributed by atoms with van der Waals surface area (Å²) in [5.74, 6) is 0. The predicted molar refractivity (Wildman–Crippen MR) is 61.2 cm³/mol. The third-order valence-electron chi connectivity index (χ3n) is 0.806. The molecule has 0 fully saturated rings. The van der Waals surface area contributed by atoms with Crippen LogP contribution in [0.25, 0.3) is 0 Å². The topological polar surface area (TPSA) is 29.4 Å². The Hall–Kier alpha value is -1.18. The van der Waals surface area contributed by atoms with Crippen molar-refractivity contribution in [3.05, 3.63) is 24.4 Å². The van der Waals surface area contributed by atoms with E-state index in [1.54, 1.807) is 12.2 Å². The Morgan fingerprint density at radius 1 is 1.31 bits per heavy atom. The average molecular weight is 183 g/mol. The first-order valence-electron chi connectivity index (χ1n) is 4.57. The fraction of sp³-hybridized carbons (Fsp3) is 0.455. The lowest BCUT2D eigenvalue weighted by molar-refractivity contribution is -0.107. The van der Waals surface area contributed by atoms with E-state index in [-0.39, 0.29) is 0 Å². The molecular weight excluding hydrogens is 162 g/mol. The molecule has 0 aliphatic carbocycles. The molecule has 0 aromatic rings. The lowest BCUT2D eigenvalue weighted by Gasteiger charge is -1.88. The molecule has 0 atom stereocenters. The molecule has 0 bridgehead atoms. The van der Waals surface area contributed by atoms with Crippen LogP contribution >= 0.6 is 0 Å². The van der Waals surface area contributed by atoms with Crippen LogP contribution in [0.2, 0.25) is 0 Å². The van der Waals surface area contributed by atoms with Crippen molar-refractivity contribution < 1.29 is 4.79 Å². The van der Waals surface area contributed by atoms with Crippen molar-refractivity contribution in [2.45, 2.75) is 34.1 Å². The van der Waals surface area contributed by atoms with E-state index >= 15 is 0 Å². The van der Waals surface area contributed by atoms with Crippen LogP contribution < -0.4 is 0 Å². The summed E-state index contributed by atoms with van der Waals surface area (Å²) in [5, 5.41) is 0. The van der Waals surface area contributed by atoms with Gasteiger partial charge in [0.05, 0.1) is 0 Å². The highest BCUT2D eigenvalue weighted by atomic mass is 16.1. The third kappa shape index (κ3) is 18.1. The lowest BCUT2D eigenvalue weighted by atomic mass is 10.3. The SMILES string of the molecule is C=C/C=C(/CC=O)N=C.CC.CC. The predicted octanol–water partition coefficient (Wildman–Crippen LogP) is 3.40. The zero-order chi connectivity index (χ0) is 11.1. The summed E-state index contributed by atoms with van der Waals surface area (Å²) in [6, 6.07) is 0. The minimum absolute atomic E-state index is 0.315. The van der Waals surface area contributed by atoms with Gasteiger partial charge in [-0.2, -0.15) is 0 Å². The van der Waals surface area contributed by atoms with Crippen LogP contribution in [0.4, 0.5) is 0 Å². The molecule has 2 heteroatoms. The normalized spacial score (nSPS) is 8.15. The van der Waals surface area contributed by atoms with Gasteiger partial charge in [-0.25, -0.2) is 0 Å². The fourth-order valence-corrected chi connectivity index (χ4v) is 0.407. The van der Waals surface area contributed by atoms with Crippen LogP contribution in [-0.4, -0.2) is 13.0 Å². The molecule has 0 amide bonds. The second-order valence-corrected chi connectivity index (χ2v) is 1.42. The number of rotatable bonds is 4. The maximum absolute atomic E-state index is 9.89. The molecule has 0 aliphatic rings. The van der Waals surface area contributed by atoms with Gasteiger partial charge >= 0.3 is 0 Å². The van der Waals surface area contributed by atoms with Gasteiger partial charge in [0.2, 0.25) is 0 Å². The van der Waals surface area contributed by atoms with Gasteiger partial charge in [0.15, 0.2) is 0 Å².